The number of carbonyl (C=O) groups excluding carboxylic acids is 2. The first-order chi connectivity index (χ1) is 11.2. The molecule has 0 spiro atoms. The predicted molar refractivity (Wildman–Crippen MR) is 89.1 cm³/mol. The Morgan fingerprint density at radius 3 is 2.65 bits per heavy atom. The summed E-state index contributed by atoms with van der Waals surface area (Å²) in [5, 5.41) is 2.67. The molecule has 0 aliphatic carbocycles. The summed E-state index contributed by atoms with van der Waals surface area (Å²) in [5.41, 5.74) is 0.977. The number of nitrogens with zero attached hydrogens (tertiary/aromatic N) is 1. The molecule has 1 aliphatic heterocycles. The maximum atomic E-state index is 12.3. The van der Waals surface area contributed by atoms with E-state index in [-0.39, 0.29) is 0 Å². The van der Waals surface area contributed by atoms with Crippen molar-refractivity contribution >= 4 is 39.7 Å². The van der Waals surface area contributed by atoms with Gasteiger partial charge >= 0.3 is 6.03 Å². The molecule has 0 radical (unpaired) electrons. The van der Waals surface area contributed by atoms with Crippen LogP contribution in [-0.2, 0) is 4.79 Å². The number of anilines is 2. The summed E-state index contributed by atoms with van der Waals surface area (Å²) in [4.78, 5) is 24.6. The summed E-state index contributed by atoms with van der Waals surface area (Å²) in [6.07, 6.45) is 0.457. The molecule has 1 aliphatic rings. The first kappa shape index (κ1) is 15.4. The summed E-state index contributed by atoms with van der Waals surface area (Å²) in [6.45, 7) is 0.912. The van der Waals surface area contributed by atoms with E-state index in [1.165, 1.54) is 0 Å². The third-order valence-electron chi connectivity index (χ3n) is 3.20. The van der Waals surface area contributed by atoms with Gasteiger partial charge in [-0.05, 0) is 30.3 Å². The van der Waals surface area contributed by atoms with E-state index in [0.29, 0.717) is 42.5 Å². The lowest BCUT2D eigenvalue weighted by atomic mass is 10.2. The minimum atomic E-state index is -0.560. The quantitative estimate of drug-likeness (QED) is 0.833. The van der Waals surface area contributed by atoms with Crippen molar-refractivity contribution in [2.24, 2.45) is 0 Å². The van der Waals surface area contributed by atoms with E-state index in [2.05, 4.69) is 21.2 Å². The zero-order chi connectivity index (χ0) is 16.2. The maximum absolute atomic E-state index is 12.3. The van der Waals surface area contributed by atoms with Crippen molar-refractivity contribution in [3.8, 4) is 11.5 Å². The van der Waals surface area contributed by atoms with E-state index in [0.717, 1.165) is 9.37 Å². The maximum Gasteiger partial charge on any atom is 0.332 e. The van der Waals surface area contributed by atoms with Crippen molar-refractivity contribution in [3.05, 3.63) is 46.9 Å². The van der Waals surface area contributed by atoms with Gasteiger partial charge in [-0.1, -0.05) is 22.0 Å². The van der Waals surface area contributed by atoms with Crippen LogP contribution in [0.3, 0.4) is 0 Å². The van der Waals surface area contributed by atoms with Gasteiger partial charge in [0.2, 0.25) is 6.41 Å². The smallest absolute Gasteiger partial charge is 0.332 e. The van der Waals surface area contributed by atoms with E-state index >= 15 is 0 Å². The Labute approximate surface area is 141 Å². The highest BCUT2D eigenvalue weighted by Gasteiger charge is 2.19. The Hall–Kier alpha value is -2.54. The van der Waals surface area contributed by atoms with Crippen LogP contribution in [0.25, 0.3) is 0 Å². The molecule has 2 aromatic rings. The van der Waals surface area contributed by atoms with Crippen LogP contribution in [0.4, 0.5) is 16.2 Å². The molecular formula is C16H13BrN2O4. The van der Waals surface area contributed by atoms with Crippen LogP contribution in [0.15, 0.2) is 46.9 Å². The standard InChI is InChI=1S/C16H13BrN2O4/c17-11-2-1-3-12(8-11)18-16(21)19(10-20)13-4-5-14-15(9-13)23-7-6-22-14/h1-5,8-10H,6-7H2,(H,18,21). The number of carbonyl (C=O) groups is 2. The summed E-state index contributed by atoms with van der Waals surface area (Å²) in [5.74, 6) is 1.11. The molecular weight excluding hydrogens is 364 g/mol. The summed E-state index contributed by atoms with van der Waals surface area (Å²) in [7, 11) is 0. The number of ether oxygens (including phenoxy) is 2. The van der Waals surface area contributed by atoms with Gasteiger partial charge in [-0.2, -0.15) is 0 Å². The molecule has 0 fully saturated rings. The molecule has 3 rings (SSSR count). The Balaban J connectivity index is 1.81. The van der Waals surface area contributed by atoms with Crippen LogP contribution in [-0.4, -0.2) is 25.7 Å². The van der Waals surface area contributed by atoms with Gasteiger partial charge in [0.15, 0.2) is 11.5 Å². The minimum absolute atomic E-state index is 0.400. The molecule has 6 nitrogen and oxygen atoms in total. The fourth-order valence-electron chi connectivity index (χ4n) is 2.16. The number of hydrogen-bond donors (Lipinski definition) is 1. The highest BCUT2D eigenvalue weighted by Crippen LogP contribution is 2.33. The first-order valence-corrected chi connectivity index (χ1v) is 7.67. The second kappa shape index (κ2) is 6.70. The lowest BCUT2D eigenvalue weighted by Crippen LogP contribution is -2.33. The van der Waals surface area contributed by atoms with Crippen LogP contribution < -0.4 is 19.7 Å². The molecule has 1 N–H and O–H groups in total. The largest absolute Gasteiger partial charge is 0.486 e. The topological polar surface area (TPSA) is 67.9 Å². The molecule has 0 atom stereocenters. The molecule has 118 valence electrons. The molecule has 1 heterocycles. The molecule has 23 heavy (non-hydrogen) atoms. The van der Waals surface area contributed by atoms with Gasteiger partial charge in [0.25, 0.3) is 0 Å². The fourth-order valence-corrected chi connectivity index (χ4v) is 2.56. The lowest BCUT2D eigenvalue weighted by Gasteiger charge is -2.21. The molecule has 0 bridgehead atoms. The first-order valence-electron chi connectivity index (χ1n) is 6.88. The van der Waals surface area contributed by atoms with Crippen LogP contribution >= 0.6 is 15.9 Å². The second-order valence-electron chi connectivity index (χ2n) is 4.74. The summed E-state index contributed by atoms with van der Waals surface area (Å²) in [6, 6.07) is 11.4. The molecule has 3 amide bonds. The zero-order valence-electron chi connectivity index (χ0n) is 12.0. The number of fused-ring (bicyclic) bond motifs is 1. The Kier molecular flexibility index (Phi) is 4.47. The van der Waals surface area contributed by atoms with E-state index in [9.17, 15) is 9.59 Å². The van der Waals surface area contributed by atoms with Gasteiger partial charge in [-0.25, -0.2) is 9.69 Å². The SMILES string of the molecule is O=CN(C(=O)Nc1cccc(Br)c1)c1ccc2c(c1)OCCO2. The highest BCUT2D eigenvalue weighted by molar-refractivity contribution is 9.10. The summed E-state index contributed by atoms with van der Waals surface area (Å²) >= 11 is 3.33. The van der Waals surface area contributed by atoms with Gasteiger partial charge in [0, 0.05) is 16.2 Å². The fraction of sp³-hybridized carbons (Fsp3) is 0.125. The van der Waals surface area contributed by atoms with E-state index < -0.39 is 6.03 Å². The predicted octanol–water partition coefficient (Wildman–Crippen LogP) is 3.42. The van der Waals surface area contributed by atoms with Crippen molar-refractivity contribution in [3.63, 3.8) is 0 Å². The molecule has 7 heteroatoms. The lowest BCUT2D eigenvalue weighted by molar-refractivity contribution is -0.106. The number of imide groups is 1. The number of hydrogen-bond acceptors (Lipinski definition) is 4. The number of urea groups is 1. The van der Waals surface area contributed by atoms with E-state index in [1.54, 1.807) is 36.4 Å². The number of rotatable bonds is 3. The third kappa shape index (κ3) is 3.45. The van der Waals surface area contributed by atoms with Crippen LogP contribution in [0, 0.1) is 0 Å². The van der Waals surface area contributed by atoms with Crippen LogP contribution in [0.2, 0.25) is 0 Å². The van der Waals surface area contributed by atoms with E-state index in [1.807, 2.05) is 6.07 Å². The number of benzene rings is 2. The summed E-state index contributed by atoms with van der Waals surface area (Å²) < 4.78 is 11.7. The van der Waals surface area contributed by atoms with Crippen LogP contribution in [0.5, 0.6) is 11.5 Å². The molecule has 0 saturated carbocycles. The average molecular weight is 377 g/mol. The second-order valence-corrected chi connectivity index (χ2v) is 5.66. The zero-order valence-corrected chi connectivity index (χ0v) is 13.6. The number of nitrogens with one attached hydrogen (secondary N) is 1. The van der Waals surface area contributed by atoms with Gasteiger partial charge in [-0.15, -0.1) is 0 Å². The average Bonchev–Trinajstić information content (AvgIpc) is 2.55. The molecule has 0 unspecified atom stereocenters. The number of halogens is 1. The normalized spacial score (nSPS) is 12.4. The Morgan fingerprint density at radius 1 is 1.13 bits per heavy atom. The van der Waals surface area contributed by atoms with Crippen molar-refractivity contribution < 1.29 is 19.1 Å². The van der Waals surface area contributed by atoms with Gasteiger partial charge in [-0.3, -0.25) is 4.79 Å². The van der Waals surface area contributed by atoms with Gasteiger partial charge < -0.3 is 14.8 Å². The van der Waals surface area contributed by atoms with E-state index in [4.69, 9.17) is 9.47 Å². The third-order valence-corrected chi connectivity index (χ3v) is 3.70. The van der Waals surface area contributed by atoms with Gasteiger partial charge in [0.1, 0.15) is 13.2 Å². The van der Waals surface area contributed by atoms with Crippen molar-refractivity contribution in [1.29, 1.82) is 0 Å². The highest BCUT2D eigenvalue weighted by atomic mass is 79.9. The Bertz CT molecular complexity index is 751. The molecule has 0 saturated heterocycles. The molecule has 0 aromatic heterocycles. The Morgan fingerprint density at radius 2 is 1.91 bits per heavy atom. The van der Waals surface area contributed by atoms with Gasteiger partial charge in [0.05, 0.1) is 5.69 Å². The van der Waals surface area contributed by atoms with Crippen molar-refractivity contribution in [1.82, 2.24) is 0 Å². The monoisotopic (exact) mass is 376 g/mol. The van der Waals surface area contributed by atoms with Crippen molar-refractivity contribution in [2.75, 3.05) is 23.4 Å². The minimum Gasteiger partial charge on any atom is -0.486 e. The van der Waals surface area contributed by atoms with Crippen LogP contribution in [0.1, 0.15) is 0 Å². The van der Waals surface area contributed by atoms with Crippen molar-refractivity contribution in [2.45, 2.75) is 0 Å². The molecule has 2 aromatic carbocycles. The number of amides is 3.